The summed E-state index contributed by atoms with van der Waals surface area (Å²) in [6, 6.07) is 10.8. The van der Waals surface area contributed by atoms with Gasteiger partial charge in [-0.1, -0.05) is 30.3 Å². The largest absolute Gasteiger partial charge is 0.315 e. The van der Waals surface area contributed by atoms with E-state index in [4.69, 9.17) is 0 Å². The van der Waals surface area contributed by atoms with Crippen molar-refractivity contribution < 1.29 is 0 Å². The number of hydrogen-bond acceptors (Lipinski definition) is 2. The Labute approximate surface area is 140 Å². The van der Waals surface area contributed by atoms with Crippen LogP contribution >= 0.6 is 55.6 Å². The zero-order valence-electron chi connectivity index (χ0n) is 10.2. The van der Waals surface area contributed by atoms with Gasteiger partial charge in [0.05, 0.1) is 7.57 Å². The summed E-state index contributed by atoms with van der Waals surface area (Å²) >= 11 is 9.23. The fourth-order valence-corrected chi connectivity index (χ4v) is 5.95. The van der Waals surface area contributed by atoms with Gasteiger partial charge < -0.3 is 5.32 Å². The molecule has 0 spiro atoms. The molecule has 3 rings (SSSR count). The summed E-state index contributed by atoms with van der Waals surface area (Å²) in [5.74, 6) is 0.445. The smallest absolute Gasteiger partial charge is 0.0752 e. The van der Waals surface area contributed by atoms with Gasteiger partial charge in [0.2, 0.25) is 0 Å². The van der Waals surface area contributed by atoms with Crippen LogP contribution in [0.2, 0.25) is 0 Å². The van der Waals surface area contributed by atoms with Gasteiger partial charge in [-0.15, -0.1) is 23.7 Å². The minimum atomic E-state index is 0. The molecule has 2 heterocycles. The van der Waals surface area contributed by atoms with Crippen molar-refractivity contribution in [1.82, 2.24) is 5.32 Å². The standard InChI is InChI=1S/C14H13Br2NS.ClH/c15-13-10-6-7-17-8-11(12(10)14(16)18-13)9-4-2-1-3-5-9;/h1-5,11,17H,6-8H2;1H. The molecule has 1 nitrogen and oxygen atoms in total. The zero-order chi connectivity index (χ0) is 12.5. The molecule has 1 unspecified atom stereocenters. The molecule has 0 bridgehead atoms. The fraction of sp³-hybridized carbons (Fsp3) is 0.286. The number of halogens is 3. The minimum Gasteiger partial charge on any atom is -0.315 e. The molecule has 0 saturated carbocycles. The second-order valence-electron chi connectivity index (χ2n) is 4.46. The summed E-state index contributed by atoms with van der Waals surface area (Å²) in [5.41, 5.74) is 4.31. The Morgan fingerprint density at radius 3 is 2.58 bits per heavy atom. The molecule has 1 aromatic carbocycles. The quantitative estimate of drug-likeness (QED) is 0.683. The average Bonchev–Trinajstić information content (AvgIpc) is 2.58. The number of benzene rings is 1. The molecule has 102 valence electrons. The van der Waals surface area contributed by atoms with Crippen LogP contribution in [0.4, 0.5) is 0 Å². The fourth-order valence-electron chi connectivity index (χ4n) is 2.53. The molecule has 1 aromatic heterocycles. The summed E-state index contributed by atoms with van der Waals surface area (Å²) in [5, 5.41) is 3.55. The second kappa shape index (κ2) is 6.72. The van der Waals surface area contributed by atoms with E-state index < -0.39 is 0 Å². The van der Waals surface area contributed by atoms with Gasteiger partial charge in [-0.2, -0.15) is 0 Å². The van der Waals surface area contributed by atoms with E-state index in [9.17, 15) is 0 Å². The Balaban J connectivity index is 0.00000133. The molecule has 1 aliphatic rings. The summed E-state index contributed by atoms with van der Waals surface area (Å²) in [7, 11) is 0. The van der Waals surface area contributed by atoms with Crippen LogP contribution in [0, 0.1) is 0 Å². The lowest BCUT2D eigenvalue weighted by Crippen LogP contribution is -2.20. The van der Waals surface area contributed by atoms with Gasteiger partial charge in [0, 0.05) is 12.5 Å². The van der Waals surface area contributed by atoms with Crippen LogP contribution in [-0.4, -0.2) is 13.1 Å². The monoisotopic (exact) mass is 421 g/mol. The van der Waals surface area contributed by atoms with Gasteiger partial charge >= 0.3 is 0 Å². The van der Waals surface area contributed by atoms with Gasteiger partial charge in [-0.05, 0) is 61.5 Å². The lowest BCUT2D eigenvalue weighted by atomic mass is 9.91. The highest BCUT2D eigenvalue weighted by Crippen LogP contribution is 2.43. The first-order valence-electron chi connectivity index (χ1n) is 5.99. The van der Waals surface area contributed by atoms with E-state index in [0.29, 0.717) is 5.92 Å². The van der Waals surface area contributed by atoms with Gasteiger partial charge in [-0.3, -0.25) is 0 Å². The molecule has 1 atom stereocenters. The molecule has 1 aliphatic heterocycles. The van der Waals surface area contributed by atoms with Crippen LogP contribution in [0.1, 0.15) is 22.6 Å². The predicted octanol–water partition coefficient (Wildman–Crippen LogP) is 4.97. The highest BCUT2D eigenvalue weighted by atomic mass is 79.9. The first kappa shape index (κ1) is 15.5. The Kier molecular flexibility index (Phi) is 5.49. The number of nitrogens with one attached hydrogen (secondary N) is 1. The molecule has 1 N–H and O–H groups in total. The van der Waals surface area contributed by atoms with Gasteiger partial charge in [0.25, 0.3) is 0 Å². The number of rotatable bonds is 1. The summed E-state index contributed by atoms with van der Waals surface area (Å²) < 4.78 is 2.54. The van der Waals surface area contributed by atoms with Crippen LogP contribution in [0.5, 0.6) is 0 Å². The van der Waals surface area contributed by atoms with Crippen molar-refractivity contribution in [2.75, 3.05) is 13.1 Å². The summed E-state index contributed by atoms with van der Waals surface area (Å²) in [6.07, 6.45) is 1.10. The van der Waals surface area contributed by atoms with Crippen LogP contribution in [0.3, 0.4) is 0 Å². The molecule has 0 radical (unpaired) electrons. The van der Waals surface area contributed by atoms with Crippen LogP contribution < -0.4 is 5.32 Å². The highest BCUT2D eigenvalue weighted by molar-refractivity contribution is 9.12. The van der Waals surface area contributed by atoms with Crippen molar-refractivity contribution in [1.29, 1.82) is 0 Å². The van der Waals surface area contributed by atoms with Gasteiger partial charge in [0.1, 0.15) is 0 Å². The van der Waals surface area contributed by atoms with Crippen LogP contribution in [0.15, 0.2) is 37.9 Å². The van der Waals surface area contributed by atoms with Crippen molar-refractivity contribution in [2.24, 2.45) is 0 Å². The predicted molar refractivity (Wildman–Crippen MR) is 91.8 cm³/mol. The van der Waals surface area contributed by atoms with Crippen LogP contribution in [0.25, 0.3) is 0 Å². The molecule has 0 fully saturated rings. The number of fused-ring (bicyclic) bond motifs is 1. The Morgan fingerprint density at radius 1 is 1.11 bits per heavy atom. The molecule has 0 amide bonds. The van der Waals surface area contributed by atoms with E-state index in [1.807, 2.05) is 0 Å². The average molecular weight is 424 g/mol. The summed E-state index contributed by atoms with van der Waals surface area (Å²) in [6.45, 7) is 2.07. The molecule has 5 heteroatoms. The SMILES string of the molecule is Brc1sc(Br)c2c1CCNCC2c1ccccc1.Cl. The molecule has 19 heavy (non-hydrogen) atoms. The van der Waals surface area contributed by atoms with E-state index in [-0.39, 0.29) is 12.4 Å². The first-order valence-corrected chi connectivity index (χ1v) is 8.40. The number of hydrogen-bond donors (Lipinski definition) is 1. The van der Waals surface area contributed by atoms with E-state index >= 15 is 0 Å². The van der Waals surface area contributed by atoms with E-state index in [1.165, 1.54) is 24.3 Å². The summed E-state index contributed by atoms with van der Waals surface area (Å²) in [4.78, 5) is 0. The lowest BCUT2D eigenvalue weighted by Gasteiger charge is -2.16. The molecular formula is C14H14Br2ClNS. The van der Waals surface area contributed by atoms with Gasteiger partial charge in [0.15, 0.2) is 0 Å². The van der Waals surface area contributed by atoms with Crippen molar-refractivity contribution in [3.63, 3.8) is 0 Å². The maximum atomic E-state index is 3.74. The maximum absolute atomic E-state index is 3.74. The molecular weight excluding hydrogens is 409 g/mol. The topological polar surface area (TPSA) is 12.0 Å². The minimum absolute atomic E-state index is 0. The van der Waals surface area contributed by atoms with Crippen LogP contribution in [-0.2, 0) is 6.42 Å². The molecule has 0 saturated heterocycles. The third kappa shape index (κ3) is 3.08. The van der Waals surface area contributed by atoms with Crippen molar-refractivity contribution in [2.45, 2.75) is 12.3 Å². The Hall–Kier alpha value is 0.130. The molecule has 0 aliphatic carbocycles. The zero-order valence-corrected chi connectivity index (χ0v) is 15.0. The first-order chi connectivity index (χ1) is 8.77. The Morgan fingerprint density at radius 2 is 1.84 bits per heavy atom. The number of thiophene rings is 1. The lowest BCUT2D eigenvalue weighted by molar-refractivity contribution is 0.664. The Bertz CT molecular complexity index is 556. The van der Waals surface area contributed by atoms with Crippen molar-refractivity contribution >= 4 is 55.6 Å². The van der Waals surface area contributed by atoms with Crippen molar-refractivity contribution in [3.8, 4) is 0 Å². The maximum Gasteiger partial charge on any atom is 0.0752 e. The third-order valence-electron chi connectivity index (χ3n) is 3.40. The van der Waals surface area contributed by atoms with E-state index in [0.717, 1.165) is 19.5 Å². The molecule has 2 aromatic rings. The highest BCUT2D eigenvalue weighted by Gasteiger charge is 2.26. The second-order valence-corrected chi connectivity index (χ2v) is 8.12. The van der Waals surface area contributed by atoms with E-state index in [1.54, 1.807) is 11.3 Å². The van der Waals surface area contributed by atoms with E-state index in [2.05, 4.69) is 67.5 Å². The normalized spacial score (nSPS) is 18.3. The van der Waals surface area contributed by atoms with Crippen molar-refractivity contribution in [3.05, 3.63) is 54.6 Å². The third-order valence-corrected chi connectivity index (χ3v) is 6.11. The van der Waals surface area contributed by atoms with Gasteiger partial charge in [-0.25, -0.2) is 0 Å².